The van der Waals surface area contributed by atoms with Crippen molar-refractivity contribution in [2.45, 2.75) is 66.7 Å². The van der Waals surface area contributed by atoms with Crippen molar-refractivity contribution in [1.29, 1.82) is 0 Å². The van der Waals surface area contributed by atoms with Gasteiger partial charge in [-0.25, -0.2) is 0 Å². The topological polar surface area (TPSA) is 0 Å². The molecule has 0 bridgehead atoms. The molecule has 0 aromatic rings. The predicted molar refractivity (Wildman–Crippen MR) is 87.8 cm³/mol. The first-order valence-electron chi connectivity index (χ1n) is 6.49. The zero-order valence-electron chi connectivity index (χ0n) is 12.9. The van der Waals surface area contributed by atoms with Crippen LogP contribution in [0.3, 0.4) is 0 Å². The first-order valence-corrected chi connectivity index (χ1v) is 6.49. The molecule has 17 heavy (non-hydrogen) atoms. The van der Waals surface area contributed by atoms with E-state index in [2.05, 4.69) is 54.4 Å². The van der Waals surface area contributed by atoms with Crippen LogP contribution in [-0.4, -0.2) is 23.9 Å². The minimum atomic E-state index is 0. The first kappa shape index (κ1) is 30.2. The molecule has 0 aromatic carbocycles. The van der Waals surface area contributed by atoms with E-state index in [0.29, 0.717) is 0 Å². The molecule has 0 fully saturated rings. The molecule has 4 radical (unpaired) electrons. The van der Waals surface area contributed by atoms with E-state index in [1.807, 2.05) is 18.2 Å². The molecule has 0 amide bonds. The van der Waals surface area contributed by atoms with Gasteiger partial charge in [0.2, 0.25) is 0 Å². The fourth-order valence-electron chi connectivity index (χ4n) is 0. The van der Waals surface area contributed by atoms with Crippen molar-refractivity contribution in [3.63, 3.8) is 0 Å². The van der Waals surface area contributed by atoms with Crippen LogP contribution in [0.1, 0.15) is 66.7 Å². The van der Waals surface area contributed by atoms with Crippen molar-refractivity contribution in [2.24, 2.45) is 0 Å². The van der Waals surface area contributed by atoms with Crippen LogP contribution in [0, 0.1) is 0 Å². The maximum Gasteiger partial charge on any atom is 0 e. The van der Waals surface area contributed by atoms with Gasteiger partial charge in [0, 0.05) is 23.9 Å². The monoisotopic (exact) mass is 346 g/mol. The summed E-state index contributed by atoms with van der Waals surface area (Å²) in [5, 5.41) is 0. The number of allylic oxidation sites excluding steroid dienone is 3. The van der Waals surface area contributed by atoms with Gasteiger partial charge in [-0.05, 0) is 19.3 Å². The average molecular weight is 345 g/mol. The van der Waals surface area contributed by atoms with Crippen LogP contribution in [0.15, 0.2) is 38.0 Å². The molecule has 0 aliphatic carbocycles. The van der Waals surface area contributed by atoms with E-state index in [1.165, 1.54) is 12.8 Å². The molecule has 1 heteroatoms. The SMILES string of the molecule is C=CCC.C=CCC.C=CCC.CCCC.[Sn]. The Morgan fingerprint density at radius 3 is 0.706 bits per heavy atom. The van der Waals surface area contributed by atoms with Crippen molar-refractivity contribution in [3.05, 3.63) is 38.0 Å². The Morgan fingerprint density at radius 2 is 0.706 bits per heavy atom. The number of hydrogen-bond donors (Lipinski definition) is 0. The third-order valence-corrected chi connectivity index (χ3v) is 1.37. The Kier molecular flexibility index (Phi) is 99.9. The third-order valence-electron chi connectivity index (χ3n) is 1.37. The van der Waals surface area contributed by atoms with Gasteiger partial charge in [0.25, 0.3) is 0 Å². The Morgan fingerprint density at radius 1 is 0.588 bits per heavy atom. The molecule has 0 unspecified atom stereocenters. The Hall–Kier alpha value is 0.0187. The number of hydrogen-bond acceptors (Lipinski definition) is 0. The predicted octanol–water partition coefficient (Wildman–Crippen LogP) is 6.17. The minimum absolute atomic E-state index is 0. The van der Waals surface area contributed by atoms with Crippen molar-refractivity contribution >= 4 is 23.9 Å². The van der Waals surface area contributed by atoms with Crippen LogP contribution in [0.2, 0.25) is 0 Å². The summed E-state index contributed by atoms with van der Waals surface area (Å²) in [6.45, 7) is 21.0. The van der Waals surface area contributed by atoms with Crippen LogP contribution < -0.4 is 0 Å². The largest absolute Gasteiger partial charge is 0.103 e. The minimum Gasteiger partial charge on any atom is -0.103 e. The molecule has 0 N–H and O–H groups in total. The van der Waals surface area contributed by atoms with Crippen LogP contribution in [0.4, 0.5) is 0 Å². The van der Waals surface area contributed by atoms with Gasteiger partial charge in [-0.15, -0.1) is 19.7 Å². The summed E-state index contributed by atoms with van der Waals surface area (Å²) >= 11 is 0. The summed E-state index contributed by atoms with van der Waals surface area (Å²) in [7, 11) is 0. The maximum atomic E-state index is 3.48. The number of rotatable bonds is 4. The van der Waals surface area contributed by atoms with Gasteiger partial charge in [0.05, 0.1) is 0 Å². The van der Waals surface area contributed by atoms with Gasteiger partial charge in [-0.2, -0.15) is 0 Å². The van der Waals surface area contributed by atoms with E-state index >= 15 is 0 Å². The summed E-state index contributed by atoms with van der Waals surface area (Å²) in [4.78, 5) is 0. The second kappa shape index (κ2) is 56.2. The molecule has 0 heterocycles. The van der Waals surface area contributed by atoms with Crippen molar-refractivity contribution in [1.82, 2.24) is 0 Å². The Balaban J connectivity index is -0.0000000369. The van der Waals surface area contributed by atoms with Crippen LogP contribution in [-0.2, 0) is 0 Å². The van der Waals surface area contributed by atoms with Crippen molar-refractivity contribution in [2.75, 3.05) is 0 Å². The van der Waals surface area contributed by atoms with E-state index in [4.69, 9.17) is 0 Å². The summed E-state index contributed by atoms with van der Waals surface area (Å²) < 4.78 is 0. The quantitative estimate of drug-likeness (QED) is 0.422. The van der Waals surface area contributed by atoms with E-state index < -0.39 is 0 Å². The van der Waals surface area contributed by atoms with Crippen LogP contribution >= 0.6 is 0 Å². The number of unbranched alkanes of at least 4 members (excludes halogenated alkanes) is 1. The average Bonchev–Trinajstić information content (AvgIpc) is 2.39. The summed E-state index contributed by atoms with van der Waals surface area (Å²) in [6, 6.07) is 0. The van der Waals surface area contributed by atoms with Gasteiger partial charge >= 0.3 is 0 Å². The van der Waals surface area contributed by atoms with Crippen molar-refractivity contribution < 1.29 is 0 Å². The molecular formula is C16H34Sn. The Bertz CT molecular complexity index is 85.1. The molecule has 0 aliphatic heterocycles. The molecule has 0 rings (SSSR count). The zero-order valence-corrected chi connectivity index (χ0v) is 15.7. The second-order valence-electron chi connectivity index (χ2n) is 3.09. The zero-order chi connectivity index (χ0) is 13.7. The molecular weight excluding hydrogens is 311 g/mol. The van der Waals surface area contributed by atoms with E-state index in [-0.39, 0.29) is 23.9 Å². The summed E-state index contributed by atoms with van der Waals surface area (Å²) in [6.07, 6.45) is 11.5. The fraction of sp³-hybridized carbons (Fsp3) is 0.625. The fourth-order valence-corrected chi connectivity index (χ4v) is 0. The van der Waals surface area contributed by atoms with Crippen LogP contribution in [0.25, 0.3) is 0 Å². The summed E-state index contributed by atoms with van der Waals surface area (Å²) in [5.74, 6) is 0. The molecule has 0 spiro atoms. The Labute approximate surface area is 128 Å². The molecule has 0 saturated carbocycles. The van der Waals surface area contributed by atoms with E-state index in [0.717, 1.165) is 19.3 Å². The molecule has 0 atom stereocenters. The van der Waals surface area contributed by atoms with Gasteiger partial charge < -0.3 is 0 Å². The van der Waals surface area contributed by atoms with Gasteiger partial charge in [-0.3, -0.25) is 0 Å². The maximum absolute atomic E-state index is 3.48. The first-order chi connectivity index (χ1) is 7.66. The summed E-state index contributed by atoms with van der Waals surface area (Å²) in [5.41, 5.74) is 0. The molecule has 0 nitrogen and oxygen atoms in total. The van der Waals surface area contributed by atoms with Gasteiger partial charge in [0.15, 0.2) is 0 Å². The third kappa shape index (κ3) is 195. The van der Waals surface area contributed by atoms with E-state index in [1.54, 1.807) is 0 Å². The van der Waals surface area contributed by atoms with E-state index in [9.17, 15) is 0 Å². The molecule has 102 valence electrons. The standard InChI is InChI=1S/C4H10.3C4H8.Sn/c4*1-3-4-2;/h3-4H2,1-2H3;3*3H,1,4H2,2H3;. The van der Waals surface area contributed by atoms with Crippen LogP contribution in [0.5, 0.6) is 0 Å². The second-order valence-corrected chi connectivity index (χ2v) is 3.09. The smallest absolute Gasteiger partial charge is 0 e. The van der Waals surface area contributed by atoms with Gasteiger partial charge in [0.1, 0.15) is 0 Å². The van der Waals surface area contributed by atoms with Crippen molar-refractivity contribution in [3.8, 4) is 0 Å². The normalized spacial score (nSPS) is 6.18. The molecule has 0 aliphatic rings. The van der Waals surface area contributed by atoms with Gasteiger partial charge in [-0.1, -0.05) is 65.7 Å². The molecule has 0 saturated heterocycles. The molecule has 0 aromatic heterocycles.